The standard InChI is InChI=1S/C10H14N4O2/c11-8-6-13-5-3-7(8)10(16)14-4-1-2-9(12)15/h3,5-6H,1-2,4,11H2,(H2,12,15)(H,14,16). The van der Waals surface area contributed by atoms with Gasteiger partial charge in [0, 0.05) is 19.2 Å². The molecule has 6 heteroatoms. The van der Waals surface area contributed by atoms with Gasteiger partial charge in [-0.2, -0.15) is 0 Å². The Balaban J connectivity index is 2.41. The summed E-state index contributed by atoms with van der Waals surface area (Å²) in [7, 11) is 0. The average molecular weight is 222 g/mol. The molecule has 0 saturated carbocycles. The van der Waals surface area contributed by atoms with E-state index in [2.05, 4.69) is 10.3 Å². The van der Waals surface area contributed by atoms with Crippen LogP contribution in [0.4, 0.5) is 5.69 Å². The van der Waals surface area contributed by atoms with Gasteiger partial charge < -0.3 is 16.8 Å². The molecule has 0 radical (unpaired) electrons. The van der Waals surface area contributed by atoms with Gasteiger partial charge in [0.15, 0.2) is 0 Å². The van der Waals surface area contributed by atoms with Crippen LogP contribution in [0.15, 0.2) is 18.5 Å². The van der Waals surface area contributed by atoms with Crippen molar-refractivity contribution in [1.29, 1.82) is 0 Å². The summed E-state index contributed by atoms with van der Waals surface area (Å²) in [5.74, 6) is -0.651. The van der Waals surface area contributed by atoms with Gasteiger partial charge in [-0.05, 0) is 12.5 Å². The molecule has 1 rings (SSSR count). The first-order valence-corrected chi connectivity index (χ1v) is 4.87. The number of nitrogens with one attached hydrogen (secondary N) is 1. The van der Waals surface area contributed by atoms with E-state index in [1.165, 1.54) is 12.4 Å². The van der Waals surface area contributed by atoms with Gasteiger partial charge in [0.1, 0.15) is 0 Å². The molecule has 16 heavy (non-hydrogen) atoms. The number of rotatable bonds is 5. The van der Waals surface area contributed by atoms with Gasteiger partial charge in [-0.15, -0.1) is 0 Å². The molecular formula is C10H14N4O2. The van der Waals surface area contributed by atoms with Crippen LogP contribution >= 0.6 is 0 Å². The summed E-state index contributed by atoms with van der Waals surface area (Å²) < 4.78 is 0. The summed E-state index contributed by atoms with van der Waals surface area (Å²) in [5, 5.41) is 2.64. The molecule has 6 nitrogen and oxygen atoms in total. The molecule has 1 aromatic heterocycles. The lowest BCUT2D eigenvalue weighted by Gasteiger charge is -2.05. The molecule has 0 aliphatic heterocycles. The molecule has 1 aromatic rings. The van der Waals surface area contributed by atoms with Gasteiger partial charge in [-0.3, -0.25) is 14.6 Å². The Morgan fingerprint density at radius 2 is 2.19 bits per heavy atom. The molecule has 2 amide bonds. The summed E-state index contributed by atoms with van der Waals surface area (Å²) in [6, 6.07) is 1.54. The Morgan fingerprint density at radius 1 is 1.44 bits per heavy atom. The number of primary amides is 1. The molecule has 86 valence electrons. The zero-order valence-electron chi connectivity index (χ0n) is 8.77. The van der Waals surface area contributed by atoms with Gasteiger partial charge in [-0.25, -0.2) is 0 Å². The van der Waals surface area contributed by atoms with E-state index in [0.717, 1.165) is 0 Å². The van der Waals surface area contributed by atoms with Crippen LogP contribution < -0.4 is 16.8 Å². The van der Waals surface area contributed by atoms with Crippen LogP contribution in [-0.2, 0) is 4.79 Å². The van der Waals surface area contributed by atoms with Crippen molar-refractivity contribution < 1.29 is 9.59 Å². The maximum absolute atomic E-state index is 11.6. The van der Waals surface area contributed by atoms with Crippen LogP contribution in [-0.4, -0.2) is 23.3 Å². The highest BCUT2D eigenvalue weighted by molar-refractivity contribution is 5.98. The zero-order chi connectivity index (χ0) is 12.0. The Labute approximate surface area is 93.0 Å². The molecule has 0 saturated heterocycles. The van der Waals surface area contributed by atoms with Crippen LogP contribution in [0, 0.1) is 0 Å². The predicted octanol–water partition coefficient (Wildman–Crippen LogP) is -0.341. The van der Waals surface area contributed by atoms with E-state index in [0.29, 0.717) is 24.2 Å². The minimum absolute atomic E-state index is 0.256. The SMILES string of the molecule is NC(=O)CCCNC(=O)c1ccncc1N. The number of nitrogens with zero attached hydrogens (tertiary/aromatic N) is 1. The smallest absolute Gasteiger partial charge is 0.253 e. The van der Waals surface area contributed by atoms with Gasteiger partial charge in [0.2, 0.25) is 5.91 Å². The fraction of sp³-hybridized carbons (Fsp3) is 0.300. The van der Waals surface area contributed by atoms with E-state index in [4.69, 9.17) is 11.5 Å². The maximum Gasteiger partial charge on any atom is 0.253 e. The highest BCUT2D eigenvalue weighted by Gasteiger charge is 2.08. The van der Waals surface area contributed by atoms with Gasteiger partial charge in [-0.1, -0.05) is 0 Å². The quantitative estimate of drug-likeness (QED) is 0.591. The Hall–Kier alpha value is -2.11. The second kappa shape index (κ2) is 5.69. The summed E-state index contributed by atoms with van der Waals surface area (Å²) in [6.45, 7) is 0.392. The average Bonchev–Trinajstić information content (AvgIpc) is 2.24. The molecule has 0 atom stereocenters. The first kappa shape index (κ1) is 12.0. The summed E-state index contributed by atoms with van der Waals surface area (Å²) >= 11 is 0. The Kier molecular flexibility index (Phi) is 4.26. The van der Waals surface area contributed by atoms with Crippen molar-refractivity contribution in [2.45, 2.75) is 12.8 Å². The van der Waals surface area contributed by atoms with Gasteiger partial charge in [0.05, 0.1) is 17.4 Å². The second-order valence-electron chi connectivity index (χ2n) is 3.29. The fourth-order valence-corrected chi connectivity index (χ4v) is 1.17. The van der Waals surface area contributed by atoms with E-state index in [9.17, 15) is 9.59 Å². The highest BCUT2D eigenvalue weighted by Crippen LogP contribution is 2.07. The van der Waals surface area contributed by atoms with E-state index in [-0.39, 0.29) is 18.2 Å². The van der Waals surface area contributed by atoms with Gasteiger partial charge in [0.25, 0.3) is 5.91 Å². The largest absolute Gasteiger partial charge is 0.397 e. The Morgan fingerprint density at radius 3 is 2.81 bits per heavy atom. The minimum atomic E-state index is -0.377. The number of pyridine rings is 1. The number of aromatic nitrogens is 1. The number of nitrogen functional groups attached to an aromatic ring is 1. The van der Waals surface area contributed by atoms with Crippen LogP contribution in [0.1, 0.15) is 23.2 Å². The molecule has 0 aliphatic carbocycles. The summed E-state index contributed by atoms with van der Waals surface area (Å²) in [5.41, 5.74) is 11.3. The minimum Gasteiger partial charge on any atom is -0.397 e. The lowest BCUT2D eigenvalue weighted by molar-refractivity contribution is -0.118. The molecule has 0 spiro atoms. The molecular weight excluding hydrogens is 208 g/mol. The van der Waals surface area contributed by atoms with E-state index < -0.39 is 0 Å². The molecule has 0 unspecified atom stereocenters. The third-order valence-electron chi connectivity index (χ3n) is 1.98. The van der Waals surface area contributed by atoms with Crippen LogP contribution in [0.2, 0.25) is 0 Å². The second-order valence-corrected chi connectivity index (χ2v) is 3.29. The van der Waals surface area contributed by atoms with Crippen LogP contribution in [0.25, 0.3) is 0 Å². The van der Waals surface area contributed by atoms with Gasteiger partial charge >= 0.3 is 0 Å². The highest BCUT2D eigenvalue weighted by atomic mass is 16.2. The number of carbonyl (C=O) groups is 2. The molecule has 0 aliphatic rings. The van der Waals surface area contributed by atoms with E-state index in [1.54, 1.807) is 6.07 Å². The van der Waals surface area contributed by atoms with E-state index in [1.807, 2.05) is 0 Å². The lowest BCUT2D eigenvalue weighted by atomic mass is 10.2. The monoisotopic (exact) mass is 222 g/mol. The fourth-order valence-electron chi connectivity index (χ4n) is 1.17. The lowest BCUT2D eigenvalue weighted by Crippen LogP contribution is -2.26. The van der Waals surface area contributed by atoms with Crippen molar-refractivity contribution in [3.05, 3.63) is 24.0 Å². The molecule has 5 N–H and O–H groups in total. The van der Waals surface area contributed by atoms with Crippen LogP contribution in [0.3, 0.4) is 0 Å². The Bertz CT molecular complexity index is 392. The maximum atomic E-state index is 11.6. The first-order chi connectivity index (χ1) is 7.61. The van der Waals surface area contributed by atoms with Crippen molar-refractivity contribution in [2.24, 2.45) is 5.73 Å². The van der Waals surface area contributed by atoms with Crippen molar-refractivity contribution in [1.82, 2.24) is 10.3 Å². The number of carbonyl (C=O) groups excluding carboxylic acids is 2. The topological polar surface area (TPSA) is 111 Å². The van der Waals surface area contributed by atoms with Crippen molar-refractivity contribution >= 4 is 17.5 Å². The number of hydrogen-bond acceptors (Lipinski definition) is 4. The van der Waals surface area contributed by atoms with Crippen LogP contribution in [0.5, 0.6) is 0 Å². The molecule has 1 heterocycles. The predicted molar refractivity (Wildman–Crippen MR) is 59.4 cm³/mol. The zero-order valence-corrected chi connectivity index (χ0v) is 8.77. The molecule has 0 fully saturated rings. The van der Waals surface area contributed by atoms with E-state index >= 15 is 0 Å². The first-order valence-electron chi connectivity index (χ1n) is 4.87. The third-order valence-corrected chi connectivity index (χ3v) is 1.98. The molecule has 0 bridgehead atoms. The summed E-state index contributed by atoms with van der Waals surface area (Å²) in [4.78, 5) is 25.8. The third kappa shape index (κ3) is 3.56. The normalized spacial score (nSPS) is 9.75. The molecule has 0 aromatic carbocycles. The number of nitrogens with two attached hydrogens (primary N) is 2. The van der Waals surface area contributed by atoms with Crippen molar-refractivity contribution in [2.75, 3.05) is 12.3 Å². The number of hydrogen-bond donors (Lipinski definition) is 3. The summed E-state index contributed by atoms with van der Waals surface area (Å²) in [6.07, 6.45) is 3.69. The van der Waals surface area contributed by atoms with Crippen molar-refractivity contribution in [3.8, 4) is 0 Å². The van der Waals surface area contributed by atoms with Crippen molar-refractivity contribution in [3.63, 3.8) is 0 Å². The number of anilines is 1. The number of amides is 2.